The Bertz CT molecular complexity index is 736. The average Bonchev–Trinajstić information content (AvgIpc) is 2.84. The van der Waals surface area contributed by atoms with E-state index in [-0.39, 0.29) is 5.54 Å². The summed E-state index contributed by atoms with van der Waals surface area (Å²) in [5.74, 6) is 0.759. The molecule has 0 atom stereocenters. The monoisotopic (exact) mass is 348 g/mol. The van der Waals surface area contributed by atoms with Gasteiger partial charge >= 0.3 is 0 Å². The van der Waals surface area contributed by atoms with E-state index in [4.69, 9.17) is 27.9 Å². The predicted octanol–water partition coefficient (Wildman–Crippen LogP) is 5.49. The third kappa shape index (κ3) is 3.80. The number of anilines is 2. The molecule has 2 aromatic rings. The molecule has 1 heterocycles. The average molecular weight is 349 g/mol. The molecular formula is C18H18Cl2N2O. The van der Waals surface area contributed by atoms with E-state index >= 15 is 0 Å². The summed E-state index contributed by atoms with van der Waals surface area (Å²) in [4.78, 5) is 4.61. The van der Waals surface area contributed by atoms with Crippen molar-refractivity contribution < 1.29 is 4.74 Å². The van der Waals surface area contributed by atoms with E-state index in [1.807, 2.05) is 42.5 Å². The summed E-state index contributed by atoms with van der Waals surface area (Å²) < 4.78 is 5.69. The number of aliphatic imine (C=N–C) groups is 1. The Kier molecular flexibility index (Phi) is 4.51. The SMILES string of the molecule is CC1(C)COC(Cc2ccccc2Nc2c(Cl)cccc2Cl)=N1. The van der Waals surface area contributed by atoms with Gasteiger partial charge in [-0.1, -0.05) is 47.5 Å². The topological polar surface area (TPSA) is 33.6 Å². The van der Waals surface area contributed by atoms with Crippen molar-refractivity contribution in [2.45, 2.75) is 25.8 Å². The van der Waals surface area contributed by atoms with Gasteiger partial charge in [-0.15, -0.1) is 0 Å². The van der Waals surface area contributed by atoms with Crippen LogP contribution in [0.25, 0.3) is 0 Å². The molecule has 0 amide bonds. The molecule has 1 N–H and O–H groups in total. The van der Waals surface area contributed by atoms with Gasteiger partial charge in [0.2, 0.25) is 0 Å². The van der Waals surface area contributed by atoms with Gasteiger partial charge in [0.25, 0.3) is 0 Å². The highest BCUT2D eigenvalue weighted by molar-refractivity contribution is 6.39. The molecule has 0 aliphatic carbocycles. The molecule has 0 saturated heterocycles. The summed E-state index contributed by atoms with van der Waals surface area (Å²) >= 11 is 12.5. The summed E-state index contributed by atoms with van der Waals surface area (Å²) in [6.45, 7) is 4.75. The van der Waals surface area contributed by atoms with E-state index in [1.165, 1.54) is 0 Å². The third-order valence-corrected chi connectivity index (χ3v) is 4.23. The number of halogens is 2. The number of nitrogens with zero attached hydrogens (tertiary/aromatic N) is 1. The van der Waals surface area contributed by atoms with Crippen LogP contribution in [0.1, 0.15) is 19.4 Å². The Morgan fingerprint density at radius 2 is 1.78 bits per heavy atom. The van der Waals surface area contributed by atoms with Gasteiger partial charge in [0.05, 0.1) is 27.7 Å². The minimum absolute atomic E-state index is 0.149. The van der Waals surface area contributed by atoms with Gasteiger partial charge < -0.3 is 10.1 Å². The van der Waals surface area contributed by atoms with E-state index in [2.05, 4.69) is 24.2 Å². The van der Waals surface area contributed by atoms with E-state index in [9.17, 15) is 0 Å². The lowest BCUT2D eigenvalue weighted by Gasteiger charge is -2.14. The van der Waals surface area contributed by atoms with Gasteiger partial charge in [0.15, 0.2) is 5.90 Å². The minimum Gasteiger partial charge on any atom is -0.478 e. The van der Waals surface area contributed by atoms with Gasteiger partial charge in [-0.2, -0.15) is 0 Å². The van der Waals surface area contributed by atoms with Crippen molar-refractivity contribution in [2.24, 2.45) is 4.99 Å². The maximum atomic E-state index is 6.24. The van der Waals surface area contributed by atoms with Crippen molar-refractivity contribution >= 4 is 40.5 Å². The van der Waals surface area contributed by atoms with Crippen LogP contribution in [0, 0.1) is 0 Å². The van der Waals surface area contributed by atoms with E-state index in [0.717, 1.165) is 17.1 Å². The first-order valence-corrected chi connectivity index (χ1v) is 8.21. The zero-order chi connectivity index (χ0) is 16.4. The van der Waals surface area contributed by atoms with Gasteiger partial charge in [0, 0.05) is 5.69 Å². The van der Waals surface area contributed by atoms with Crippen molar-refractivity contribution in [3.63, 3.8) is 0 Å². The van der Waals surface area contributed by atoms with Crippen LogP contribution < -0.4 is 5.32 Å². The number of hydrogen-bond donors (Lipinski definition) is 1. The molecule has 0 unspecified atom stereocenters. The zero-order valence-corrected chi connectivity index (χ0v) is 14.6. The molecule has 120 valence electrons. The quantitative estimate of drug-likeness (QED) is 0.792. The zero-order valence-electron chi connectivity index (χ0n) is 13.1. The van der Waals surface area contributed by atoms with Gasteiger partial charge in [-0.3, -0.25) is 0 Å². The third-order valence-electron chi connectivity index (χ3n) is 3.60. The first-order chi connectivity index (χ1) is 10.9. The molecule has 0 fully saturated rings. The molecule has 3 nitrogen and oxygen atoms in total. The van der Waals surface area contributed by atoms with Crippen LogP contribution in [0.5, 0.6) is 0 Å². The lowest BCUT2D eigenvalue weighted by molar-refractivity contribution is 0.275. The van der Waals surface area contributed by atoms with E-state index in [0.29, 0.717) is 28.8 Å². The maximum absolute atomic E-state index is 6.24. The lowest BCUT2D eigenvalue weighted by atomic mass is 10.1. The van der Waals surface area contributed by atoms with Crippen molar-refractivity contribution in [2.75, 3.05) is 11.9 Å². The lowest BCUT2D eigenvalue weighted by Crippen LogP contribution is -2.17. The normalized spacial score (nSPS) is 15.9. The fourth-order valence-corrected chi connectivity index (χ4v) is 2.96. The second-order valence-corrected chi connectivity index (χ2v) is 6.98. The van der Waals surface area contributed by atoms with Crippen molar-refractivity contribution in [3.8, 4) is 0 Å². The van der Waals surface area contributed by atoms with Gasteiger partial charge in [-0.25, -0.2) is 4.99 Å². The van der Waals surface area contributed by atoms with Crippen molar-refractivity contribution in [3.05, 3.63) is 58.1 Å². The molecule has 3 rings (SSSR count). The van der Waals surface area contributed by atoms with Crippen molar-refractivity contribution in [1.29, 1.82) is 0 Å². The number of rotatable bonds is 4. The fraction of sp³-hybridized carbons (Fsp3) is 0.278. The molecule has 0 bridgehead atoms. The van der Waals surface area contributed by atoms with E-state index < -0.39 is 0 Å². The molecular weight excluding hydrogens is 331 g/mol. The highest BCUT2D eigenvalue weighted by atomic mass is 35.5. The number of benzene rings is 2. The number of para-hydroxylation sites is 2. The Labute approximate surface area is 146 Å². The highest BCUT2D eigenvalue weighted by Gasteiger charge is 2.26. The Balaban J connectivity index is 1.87. The Hall–Kier alpha value is -1.71. The largest absolute Gasteiger partial charge is 0.478 e. The summed E-state index contributed by atoms with van der Waals surface area (Å²) in [5.41, 5.74) is 2.58. The van der Waals surface area contributed by atoms with Crippen LogP contribution in [0.2, 0.25) is 10.0 Å². The van der Waals surface area contributed by atoms with Crippen LogP contribution >= 0.6 is 23.2 Å². The number of ether oxygens (including phenoxy) is 1. The maximum Gasteiger partial charge on any atom is 0.188 e. The highest BCUT2D eigenvalue weighted by Crippen LogP contribution is 2.34. The molecule has 1 aliphatic heterocycles. The molecule has 1 aliphatic rings. The smallest absolute Gasteiger partial charge is 0.188 e. The Morgan fingerprint density at radius 1 is 1.09 bits per heavy atom. The van der Waals surface area contributed by atoms with Gasteiger partial charge in [0.1, 0.15) is 6.61 Å². The van der Waals surface area contributed by atoms with Crippen LogP contribution in [0.3, 0.4) is 0 Å². The molecule has 2 aromatic carbocycles. The molecule has 5 heteroatoms. The first-order valence-electron chi connectivity index (χ1n) is 7.45. The minimum atomic E-state index is -0.149. The van der Waals surface area contributed by atoms with Crippen LogP contribution in [0.15, 0.2) is 47.5 Å². The van der Waals surface area contributed by atoms with Crippen LogP contribution in [-0.2, 0) is 11.2 Å². The van der Waals surface area contributed by atoms with Crippen LogP contribution in [-0.4, -0.2) is 18.0 Å². The number of nitrogens with one attached hydrogen (secondary N) is 1. The Morgan fingerprint density at radius 3 is 2.43 bits per heavy atom. The van der Waals surface area contributed by atoms with Crippen molar-refractivity contribution in [1.82, 2.24) is 0 Å². The summed E-state index contributed by atoms with van der Waals surface area (Å²) in [7, 11) is 0. The summed E-state index contributed by atoms with van der Waals surface area (Å²) in [5, 5.41) is 4.50. The molecule has 0 aromatic heterocycles. The van der Waals surface area contributed by atoms with Crippen LogP contribution in [0.4, 0.5) is 11.4 Å². The first kappa shape index (κ1) is 16.2. The molecule has 0 radical (unpaired) electrons. The summed E-state index contributed by atoms with van der Waals surface area (Å²) in [6.07, 6.45) is 0.634. The fourth-order valence-electron chi connectivity index (χ4n) is 2.46. The van der Waals surface area contributed by atoms with E-state index in [1.54, 1.807) is 0 Å². The second kappa shape index (κ2) is 6.42. The summed E-state index contributed by atoms with van der Waals surface area (Å²) in [6, 6.07) is 13.5. The van der Waals surface area contributed by atoms with Gasteiger partial charge in [-0.05, 0) is 37.6 Å². The predicted molar refractivity (Wildman–Crippen MR) is 97.4 cm³/mol. The standard InChI is InChI=1S/C18H18Cl2N2O/c1-18(2)11-23-16(22-18)10-12-6-3-4-9-15(12)21-17-13(19)7-5-8-14(17)20/h3-9,21H,10-11H2,1-2H3. The molecule has 23 heavy (non-hydrogen) atoms. The molecule has 0 spiro atoms. The molecule has 0 saturated carbocycles. The second-order valence-electron chi connectivity index (χ2n) is 6.16. The number of hydrogen-bond acceptors (Lipinski definition) is 3.